The largest absolute Gasteiger partial charge is 0.393 e. The van der Waals surface area contributed by atoms with Crippen LogP contribution >= 0.6 is 0 Å². The van der Waals surface area contributed by atoms with Crippen molar-refractivity contribution in [3.8, 4) is 11.3 Å². The second-order valence-corrected chi connectivity index (χ2v) is 7.94. The normalized spacial score (nSPS) is 19.6. The molecule has 0 bridgehead atoms. The molecule has 0 aliphatic heterocycles. The lowest BCUT2D eigenvalue weighted by Crippen LogP contribution is -2.34. The summed E-state index contributed by atoms with van der Waals surface area (Å²) in [4.78, 5) is 0. The van der Waals surface area contributed by atoms with E-state index in [1.165, 1.54) is 16.7 Å². The summed E-state index contributed by atoms with van der Waals surface area (Å²) < 4.78 is 2.05. The molecule has 1 fully saturated rings. The summed E-state index contributed by atoms with van der Waals surface area (Å²) in [5.41, 5.74) is 5.95. The first-order valence-corrected chi connectivity index (χ1v) is 10.3. The Labute approximate surface area is 167 Å². The van der Waals surface area contributed by atoms with Gasteiger partial charge in [-0.05, 0) is 38.2 Å². The van der Waals surface area contributed by atoms with Gasteiger partial charge in [0.15, 0.2) is 0 Å². The Bertz CT molecular complexity index is 878. The van der Waals surface area contributed by atoms with E-state index in [9.17, 15) is 5.11 Å². The van der Waals surface area contributed by atoms with Crippen molar-refractivity contribution in [2.75, 3.05) is 0 Å². The number of nitrogens with zero attached hydrogens (tertiary/aromatic N) is 2. The van der Waals surface area contributed by atoms with Gasteiger partial charge in [0.25, 0.3) is 0 Å². The summed E-state index contributed by atoms with van der Waals surface area (Å²) in [5.74, 6) is 0. The number of nitrogens with one attached hydrogen (secondary N) is 1. The van der Waals surface area contributed by atoms with Crippen LogP contribution in [0.1, 0.15) is 42.4 Å². The van der Waals surface area contributed by atoms with Gasteiger partial charge in [-0.1, -0.05) is 60.2 Å². The Hall–Kier alpha value is -2.43. The van der Waals surface area contributed by atoms with Crippen molar-refractivity contribution in [1.29, 1.82) is 0 Å². The van der Waals surface area contributed by atoms with Crippen molar-refractivity contribution >= 4 is 0 Å². The average molecular weight is 376 g/mol. The van der Waals surface area contributed by atoms with E-state index in [0.29, 0.717) is 6.04 Å². The van der Waals surface area contributed by atoms with Crippen molar-refractivity contribution in [3.05, 3.63) is 77.5 Å². The van der Waals surface area contributed by atoms with Gasteiger partial charge in [0.1, 0.15) is 0 Å². The highest BCUT2D eigenvalue weighted by atomic mass is 16.3. The van der Waals surface area contributed by atoms with Crippen LogP contribution in [-0.4, -0.2) is 27.0 Å². The maximum atomic E-state index is 9.73. The fourth-order valence-corrected chi connectivity index (χ4v) is 3.93. The van der Waals surface area contributed by atoms with Crippen LogP contribution in [0, 0.1) is 6.92 Å². The smallest absolute Gasteiger partial charge is 0.0968 e. The zero-order valence-corrected chi connectivity index (χ0v) is 16.5. The maximum Gasteiger partial charge on any atom is 0.0968 e. The van der Waals surface area contributed by atoms with Gasteiger partial charge in [-0.3, -0.25) is 4.68 Å². The molecule has 1 heterocycles. The first-order chi connectivity index (χ1) is 13.7. The molecule has 1 aliphatic carbocycles. The minimum atomic E-state index is -0.116. The molecule has 1 aromatic heterocycles. The van der Waals surface area contributed by atoms with Crippen molar-refractivity contribution in [3.63, 3.8) is 0 Å². The molecule has 146 valence electrons. The number of aromatic nitrogens is 2. The van der Waals surface area contributed by atoms with Gasteiger partial charge in [-0.15, -0.1) is 0 Å². The molecule has 4 nitrogen and oxygen atoms in total. The third-order valence-electron chi connectivity index (χ3n) is 5.63. The Morgan fingerprint density at radius 1 is 1.00 bits per heavy atom. The van der Waals surface area contributed by atoms with E-state index in [1.54, 1.807) is 0 Å². The van der Waals surface area contributed by atoms with Gasteiger partial charge in [0, 0.05) is 29.9 Å². The second kappa shape index (κ2) is 8.72. The fraction of sp³-hybridized carbons (Fsp3) is 0.375. The van der Waals surface area contributed by atoms with Crippen LogP contribution in [0.25, 0.3) is 11.3 Å². The highest BCUT2D eigenvalue weighted by Gasteiger charge is 2.20. The van der Waals surface area contributed by atoms with Gasteiger partial charge < -0.3 is 10.4 Å². The van der Waals surface area contributed by atoms with Crippen LogP contribution in [0.3, 0.4) is 0 Å². The average Bonchev–Trinajstić information content (AvgIpc) is 3.11. The highest BCUT2D eigenvalue weighted by Crippen LogP contribution is 2.24. The lowest BCUT2D eigenvalue weighted by Gasteiger charge is -2.26. The molecular formula is C24H29N3O. The van der Waals surface area contributed by atoms with Gasteiger partial charge >= 0.3 is 0 Å². The molecule has 4 heteroatoms. The Morgan fingerprint density at radius 3 is 2.43 bits per heavy atom. The number of hydrogen-bond donors (Lipinski definition) is 2. The lowest BCUT2D eigenvalue weighted by atomic mass is 9.93. The summed E-state index contributed by atoms with van der Waals surface area (Å²) in [6.45, 7) is 3.69. The van der Waals surface area contributed by atoms with Gasteiger partial charge in [0.2, 0.25) is 0 Å². The molecule has 0 amide bonds. The molecule has 0 atom stereocenters. The van der Waals surface area contributed by atoms with E-state index in [-0.39, 0.29) is 6.10 Å². The highest BCUT2D eigenvalue weighted by molar-refractivity contribution is 5.63. The first-order valence-electron chi connectivity index (χ1n) is 10.3. The Kier molecular flexibility index (Phi) is 5.89. The van der Waals surface area contributed by atoms with Crippen molar-refractivity contribution in [2.45, 2.75) is 57.8 Å². The minimum Gasteiger partial charge on any atom is -0.393 e. The van der Waals surface area contributed by atoms with Crippen molar-refractivity contribution < 1.29 is 5.11 Å². The molecule has 0 spiro atoms. The number of aliphatic hydroxyl groups is 1. The van der Waals surface area contributed by atoms with Crippen LogP contribution < -0.4 is 5.32 Å². The Morgan fingerprint density at radius 2 is 1.71 bits per heavy atom. The predicted molar refractivity (Wildman–Crippen MR) is 113 cm³/mol. The van der Waals surface area contributed by atoms with Crippen LogP contribution in [0.2, 0.25) is 0 Å². The fourth-order valence-electron chi connectivity index (χ4n) is 3.93. The molecule has 2 N–H and O–H groups in total. The van der Waals surface area contributed by atoms with Gasteiger partial charge in [-0.25, -0.2) is 0 Å². The first kappa shape index (κ1) is 18.9. The summed E-state index contributed by atoms with van der Waals surface area (Å²) >= 11 is 0. The summed E-state index contributed by atoms with van der Waals surface area (Å²) in [6, 6.07) is 19.5. The molecule has 0 radical (unpaired) electrons. The second-order valence-electron chi connectivity index (χ2n) is 7.94. The molecular weight excluding hydrogens is 346 g/mol. The molecule has 0 unspecified atom stereocenters. The van der Waals surface area contributed by atoms with Crippen molar-refractivity contribution in [1.82, 2.24) is 15.1 Å². The quantitative estimate of drug-likeness (QED) is 0.675. The van der Waals surface area contributed by atoms with E-state index >= 15 is 0 Å². The topological polar surface area (TPSA) is 50.1 Å². The maximum absolute atomic E-state index is 9.73. The van der Waals surface area contributed by atoms with E-state index in [2.05, 4.69) is 67.0 Å². The van der Waals surface area contributed by atoms with Gasteiger partial charge in [0.05, 0.1) is 18.3 Å². The number of benzene rings is 2. The molecule has 3 aromatic rings. The molecule has 4 rings (SSSR count). The number of rotatable bonds is 6. The summed E-state index contributed by atoms with van der Waals surface area (Å²) in [6.07, 6.45) is 5.94. The summed E-state index contributed by atoms with van der Waals surface area (Å²) in [5, 5.41) is 18.3. The third kappa shape index (κ3) is 4.70. The van der Waals surface area contributed by atoms with Crippen molar-refractivity contribution in [2.24, 2.45) is 0 Å². The van der Waals surface area contributed by atoms with E-state index in [1.807, 2.05) is 10.7 Å². The van der Waals surface area contributed by atoms with Crippen LogP contribution in [0.15, 0.2) is 60.8 Å². The van der Waals surface area contributed by atoms with Crippen LogP contribution in [0.5, 0.6) is 0 Å². The zero-order chi connectivity index (χ0) is 19.3. The standard InChI is InChI=1S/C24H29N3O/c1-18-7-9-20(10-8-18)24-21(15-25-22-11-13-23(28)14-12-22)17-27(26-24)16-19-5-3-2-4-6-19/h2-10,17,22-23,25,28H,11-16H2,1H3. The molecule has 28 heavy (non-hydrogen) atoms. The van der Waals surface area contributed by atoms with Crippen LogP contribution in [-0.2, 0) is 13.1 Å². The lowest BCUT2D eigenvalue weighted by molar-refractivity contribution is 0.116. The van der Waals surface area contributed by atoms with E-state index in [4.69, 9.17) is 5.10 Å². The zero-order valence-electron chi connectivity index (χ0n) is 16.5. The molecule has 2 aromatic carbocycles. The number of hydrogen-bond acceptors (Lipinski definition) is 3. The van der Waals surface area contributed by atoms with E-state index < -0.39 is 0 Å². The molecule has 0 saturated heterocycles. The van der Waals surface area contributed by atoms with Crippen LogP contribution in [0.4, 0.5) is 0 Å². The Balaban J connectivity index is 1.54. The number of aryl methyl sites for hydroxylation is 1. The molecule has 1 saturated carbocycles. The number of aliphatic hydroxyl groups excluding tert-OH is 1. The van der Waals surface area contributed by atoms with E-state index in [0.717, 1.165) is 50.0 Å². The SMILES string of the molecule is Cc1ccc(-c2nn(Cc3ccccc3)cc2CNC2CCC(O)CC2)cc1. The minimum absolute atomic E-state index is 0.116. The summed E-state index contributed by atoms with van der Waals surface area (Å²) in [7, 11) is 0. The molecule has 1 aliphatic rings. The monoisotopic (exact) mass is 375 g/mol. The predicted octanol–water partition coefficient (Wildman–Crippen LogP) is 4.30. The third-order valence-corrected chi connectivity index (χ3v) is 5.63. The van der Waals surface area contributed by atoms with Gasteiger partial charge in [-0.2, -0.15) is 5.10 Å².